The lowest BCUT2D eigenvalue weighted by atomic mass is 9.94. The highest BCUT2D eigenvalue weighted by molar-refractivity contribution is 5.90. The van der Waals surface area contributed by atoms with E-state index in [9.17, 15) is 4.79 Å². The summed E-state index contributed by atoms with van der Waals surface area (Å²) in [5.74, 6) is -0.381. The molecular formula is C23H29N3O2. The van der Waals surface area contributed by atoms with E-state index in [2.05, 4.69) is 45.9 Å². The predicted molar refractivity (Wildman–Crippen MR) is 112 cm³/mol. The Hall–Kier alpha value is -2.69. The minimum Gasteiger partial charge on any atom is -0.461 e. The largest absolute Gasteiger partial charge is 0.461 e. The fraction of sp³-hybridized carbons (Fsp3) is 0.435. The second kappa shape index (κ2) is 8.55. The second-order valence-corrected chi connectivity index (χ2v) is 7.18. The number of carbonyl (C=O) groups excluding carboxylic acids is 1. The lowest BCUT2D eigenvalue weighted by molar-refractivity contribution is 0.0519. The van der Waals surface area contributed by atoms with Gasteiger partial charge in [0, 0.05) is 5.69 Å². The number of aryl methyl sites for hydroxylation is 4. The molecule has 0 spiro atoms. The molecule has 0 saturated carbocycles. The first-order chi connectivity index (χ1) is 13.5. The summed E-state index contributed by atoms with van der Waals surface area (Å²) in [5.41, 5.74) is 7.71. The molecule has 5 heteroatoms. The molecule has 0 atom stereocenters. The third-order valence-electron chi connectivity index (χ3n) is 4.94. The van der Waals surface area contributed by atoms with E-state index in [-0.39, 0.29) is 5.97 Å². The summed E-state index contributed by atoms with van der Waals surface area (Å²) in [4.78, 5) is 17.2. The lowest BCUT2D eigenvalue weighted by Crippen LogP contribution is -2.11. The number of hydrogen-bond acceptors (Lipinski definition) is 4. The van der Waals surface area contributed by atoms with Crippen molar-refractivity contribution in [3.05, 3.63) is 52.5 Å². The highest BCUT2D eigenvalue weighted by atomic mass is 16.5. The Morgan fingerprint density at radius 1 is 1.04 bits per heavy atom. The number of aromatic nitrogens is 3. The highest BCUT2D eigenvalue weighted by Crippen LogP contribution is 2.34. The van der Waals surface area contributed by atoms with Gasteiger partial charge in [0.15, 0.2) is 11.3 Å². The zero-order valence-electron chi connectivity index (χ0n) is 17.5. The molecule has 0 bridgehead atoms. The average molecular weight is 380 g/mol. The molecule has 28 heavy (non-hydrogen) atoms. The Kier molecular flexibility index (Phi) is 6.12. The molecule has 1 aromatic carbocycles. The molecule has 0 saturated heterocycles. The van der Waals surface area contributed by atoms with Gasteiger partial charge in [0.1, 0.15) is 0 Å². The number of esters is 1. The zero-order chi connectivity index (χ0) is 20.3. The Balaban J connectivity index is 2.37. The quantitative estimate of drug-likeness (QED) is 0.536. The molecule has 2 heterocycles. The zero-order valence-corrected chi connectivity index (χ0v) is 17.5. The molecule has 0 N–H and O–H groups in total. The summed E-state index contributed by atoms with van der Waals surface area (Å²) >= 11 is 0. The van der Waals surface area contributed by atoms with E-state index in [0.717, 1.165) is 53.8 Å². The number of hydrogen-bond donors (Lipinski definition) is 0. The molecule has 0 unspecified atom stereocenters. The van der Waals surface area contributed by atoms with E-state index >= 15 is 0 Å². The lowest BCUT2D eigenvalue weighted by Gasteiger charge is -2.11. The van der Waals surface area contributed by atoms with Crippen LogP contribution in [-0.4, -0.2) is 27.2 Å². The molecule has 0 aliphatic carbocycles. The number of carbonyl (C=O) groups is 1. The number of fused-ring (bicyclic) bond motifs is 1. The molecule has 0 aliphatic heterocycles. The van der Waals surface area contributed by atoms with Gasteiger partial charge in [0.2, 0.25) is 0 Å². The first kappa shape index (κ1) is 20.1. The van der Waals surface area contributed by atoms with E-state index in [4.69, 9.17) is 14.8 Å². The third kappa shape index (κ3) is 3.66. The van der Waals surface area contributed by atoms with Crippen LogP contribution in [0.3, 0.4) is 0 Å². The minimum absolute atomic E-state index is 0.332. The predicted octanol–water partition coefficient (Wildman–Crippen LogP) is 5.09. The normalized spacial score (nSPS) is 11.2. The van der Waals surface area contributed by atoms with E-state index in [1.807, 2.05) is 17.5 Å². The van der Waals surface area contributed by atoms with Crippen LogP contribution < -0.4 is 0 Å². The SMILES string of the molecule is CCCc1nn2c(CCC)cc(C(=O)OCC)nc2c1-c1c(C)cccc1C. The number of ether oxygens (including phenoxy) is 1. The standard InChI is InChI=1S/C23H29N3O2/c1-6-10-17-14-19(23(27)28-8-3)24-22-21(18(11-7-2)25-26(17)22)20-15(4)12-9-13-16(20)5/h9,12-14H,6-8,10-11H2,1-5H3. The van der Waals surface area contributed by atoms with Gasteiger partial charge in [0.25, 0.3) is 0 Å². The molecule has 0 radical (unpaired) electrons. The van der Waals surface area contributed by atoms with Crippen molar-refractivity contribution >= 4 is 11.6 Å². The van der Waals surface area contributed by atoms with Crippen LogP contribution in [0.15, 0.2) is 24.3 Å². The monoisotopic (exact) mass is 379 g/mol. The Morgan fingerprint density at radius 2 is 1.71 bits per heavy atom. The smallest absolute Gasteiger partial charge is 0.357 e. The van der Waals surface area contributed by atoms with E-state index in [1.54, 1.807) is 0 Å². The Morgan fingerprint density at radius 3 is 2.32 bits per heavy atom. The molecule has 3 aromatic rings. The summed E-state index contributed by atoms with van der Waals surface area (Å²) in [6.07, 6.45) is 3.65. The van der Waals surface area contributed by atoms with Crippen LogP contribution in [-0.2, 0) is 17.6 Å². The van der Waals surface area contributed by atoms with Gasteiger partial charge < -0.3 is 4.74 Å². The summed E-state index contributed by atoms with van der Waals surface area (Å²) in [7, 11) is 0. The fourth-order valence-electron chi connectivity index (χ4n) is 3.74. The van der Waals surface area contributed by atoms with E-state index < -0.39 is 0 Å². The maximum atomic E-state index is 12.4. The van der Waals surface area contributed by atoms with Gasteiger partial charge in [-0.2, -0.15) is 5.10 Å². The van der Waals surface area contributed by atoms with E-state index in [1.165, 1.54) is 11.1 Å². The van der Waals surface area contributed by atoms with Gasteiger partial charge in [-0.25, -0.2) is 14.3 Å². The van der Waals surface area contributed by atoms with Crippen LogP contribution in [0, 0.1) is 13.8 Å². The maximum Gasteiger partial charge on any atom is 0.357 e. The molecule has 3 rings (SSSR count). The third-order valence-corrected chi connectivity index (χ3v) is 4.94. The van der Waals surface area contributed by atoms with Crippen molar-refractivity contribution < 1.29 is 9.53 Å². The highest BCUT2D eigenvalue weighted by Gasteiger charge is 2.22. The topological polar surface area (TPSA) is 56.5 Å². The summed E-state index contributed by atoms with van der Waals surface area (Å²) in [6, 6.07) is 8.12. The van der Waals surface area contributed by atoms with Gasteiger partial charge in [0.05, 0.1) is 17.9 Å². The van der Waals surface area contributed by atoms with Crippen molar-refractivity contribution in [2.45, 2.75) is 60.3 Å². The summed E-state index contributed by atoms with van der Waals surface area (Å²) in [6.45, 7) is 10.7. The van der Waals surface area contributed by atoms with Crippen molar-refractivity contribution in [1.29, 1.82) is 0 Å². The van der Waals surface area contributed by atoms with Gasteiger partial charge in [-0.05, 0) is 56.4 Å². The second-order valence-electron chi connectivity index (χ2n) is 7.18. The molecule has 0 amide bonds. The molecular weight excluding hydrogens is 350 g/mol. The van der Waals surface area contributed by atoms with Gasteiger partial charge in [-0.1, -0.05) is 44.9 Å². The van der Waals surface area contributed by atoms with Crippen LogP contribution in [0.1, 0.15) is 66.6 Å². The fourth-order valence-corrected chi connectivity index (χ4v) is 3.74. The number of benzene rings is 1. The molecule has 0 aliphatic rings. The van der Waals surface area contributed by atoms with Crippen molar-refractivity contribution in [3.8, 4) is 11.1 Å². The summed E-state index contributed by atoms with van der Waals surface area (Å²) in [5, 5.41) is 4.93. The van der Waals surface area contributed by atoms with Crippen molar-refractivity contribution in [3.63, 3.8) is 0 Å². The van der Waals surface area contributed by atoms with Crippen LogP contribution in [0.4, 0.5) is 0 Å². The van der Waals surface area contributed by atoms with Gasteiger partial charge in [-0.3, -0.25) is 0 Å². The van der Waals surface area contributed by atoms with Gasteiger partial charge in [-0.15, -0.1) is 0 Å². The van der Waals surface area contributed by atoms with E-state index in [0.29, 0.717) is 12.3 Å². The maximum absolute atomic E-state index is 12.4. The molecule has 0 fully saturated rings. The first-order valence-corrected chi connectivity index (χ1v) is 10.2. The van der Waals surface area contributed by atoms with Crippen molar-refractivity contribution in [1.82, 2.24) is 14.6 Å². The molecule has 5 nitrogen and oxygen atoms in total. The molecule has 2 aromatic heterocycles. The number of rotatable bonds is 7. The van der Waals surface area contributed by atoms with Crippen LogP contribution in [0.25, 0.3) is 16.8 Å². The Bertz CT molecular complexity index is 984. The molecule has 148 valence electrons. The van der Waals surface area contributed by atoms with Gasteiger partial charge >= 0.3 is 5.97 Å². The Labute approximate surface area is 166 Å². The average Bonchev–Trinajstić information content (AvgIpc) is 3.01. The van der Waals surface area contributed by atoms with Crippen LogP contribution in [0.2, 0.25) is 0 Å². The minimum atomic E-state index is -0.381. The number of nitrogens with zero attached hydrogens (tertiary/aromatic N) is 3. The van der Waals surface area contributed by atoms with Crippen molar-refractivity contribution in [2.75, 3.05) is 6.61 Å². The summed E-state index contributed by atoms with van der Waals surface area (Å²) < 4.78 is 7.16. The van der Waals surface area contributed by atoms with Crippen LogP contribution in [0.5, 0.6) is 0 Å². The first-order valence-electron chi connectivity index (χ1n) is 10.2. The van der Waals surface area contributed by atoms with Crippen molar-refractivity contribution in [2.24, 2.45) is 0 Å². The van der Waals surface area contributed by atoms with Crippen LogP contribution >= 0.6 is 0 Å².